The molecule has 128 valence electrons. The van der Waals surface area contributed by atoms with Crippen LogP contribution in [0.25, 0.3) is 0 Å². The maximum absolute atomic E-state index is 12.2. The molecule has 0 amide bonds. The average Bonchev–Trinajstić information content (AvgIpc) is 2.56. The Balaban J connectivity index is 1.72. The van der Waals surface area contributed by atoms with Gasteiger partial charge in [-0.05, 0) is 37.5 Å². The summed E-state index contributed by atoms with van der Waals surface area (Å²) in [4.78, 5) is 12.2. The SMILES string of the molecule is CCCCCCCC(=O)OC1CCCCC1C1CCCCC1. The first-order valence-corrected chi connectivity index (χ1v) is 10.0. The first-order valence-electron chi connectivity index (χ1n) is 10.0. The summed E-state index contributed by atoms with van der Waals surface area (Å²) < 4.78 is 5.92. The van der Waals surface area contributed by atoms with Crippen LogP contribution in [0.15, 0.2) is 0 Å². The van der Waals surface area contributed by atoms with Crippen LogP contribution in [0.1, 0.15) is 103 Å². The lowest BCUT2D eigenvalue weighted by molar-refractivity contribution is -0.155. The van der Waals surface area contributed by atoms with E-state index in [0.717, 1.165) is 18.8 Å². The van der Waals surface area contributed by atoms with Crippen molar-refractivity contribution < 1.29 is 9.53 Å². The molecule has 0 aromatic rings. The Kier molecular flexibility index (Phi) is 8.33. The molecule has 2 fully saturated rings. The molecule has 22 heavy (non-hydrogen) atoms. The number of hydrogen-bond acceptors (Lipinski definition) is 2. The predicted octanol–water partition coefficient (Wildman–Crippen LogP) is 6.03. The standard InChI is InChI=1S/C20H36O2/c1-2-3-4-5-9-16-20(21)22-19-15-11-10-14-18(19)17-12-7-6-8-13-17/h17-19H,2-16H2,1H3. The summed E-state index contributed by atoms with van der Waals surface area (Å²) in [7, 11) is 0. The van der Waals surface area contributed by atoms with E-state index < -0.39 is 0 Å². The van der Waals surface area contributed by atoms with Crippen molar-refractivity contribution in [1.29, 1.82) is 0 Å². The summed E-state index contributed by atoms with van der Waals surface area (Å²) in [6, 6.07) is 0. The van der Waals surface area contributed by atoms with Gasteiger partial charge in [0.15, 0.2) is 0 Å². The van der Waals surface area contributed by atoms with Crippen LogP contribution in [0.2, 0.25) is 0 Å². The summed E-state index contributed by atoms with van der Waals surface area (Å²) in [5.41, 5.74) is 0. The minimum Gasteiger partial charge on any atom is -0.462 e. The zero-order chi connectivity index (χ0) is 15.6. The van der Waals surface area contributed by atoms with Crippen molar-refractivity contribution in [3.8, 4) is 0 Å². The minimum absolute atomic E-state index is 0.0733. The van der Waals surface area contributed by atoms with Gasteiger partial charge in [-0.15, -0.1) is 0 Å². The third-order valence-electron chi connectivity index (χ3n) is 5.78. The van der Waals surface area contributed by atoms with E-state index in [1.807, 2.05) is 0 Å². The van der Waals surface area contributed by atoms with Crippen molar-refractivity contribution in [2.75, 3.05) is 0 Å². The van der Waals surface area contributed by atoms with Gasteiger partial charge < -0.3 is 4.74 Å². The second kappa shape index (κ2) is 10.3. The van der Waals surface area contributed by atoms with Gasteiger partial charge in [0.05, 0.1) is 0 Å². The van der Waals surface area contributed by atoms with E-state index in [4.69, 9.17) is 4.74 Å². The topological polar surface area (TPSA) is 26.3 Å². The van der Waals surface area contributed by atoms with Crippen molar-refractivity contribution in [3.63, 3.8) is 0 Å². The lowest BCUT2D eigenvalue weighted by Crippen LogP contribution is -2.35. The van der Waals surface area contributed by atoms with Crippen molar-refractivity contribution >= 4 is 5.97 Å². The van der Waals surface area contributed by atoms with Crippen LogP contribution in [0.3, 0.4) is 0 Å². The zero-order valence-corrected chi connectivity index (χ0v) is 14.7. The van der Waals surface area contributed by atoms with Crippen molar-refractivity contribution in [1.82, 2.24) is 0 Å². The van der Waals surface area contributed by atoms with Gasteiger partial charge in [0.1, 0.15) is 6.10 Å². The molecule has 0 aromatic heterocycles. The first-order chi connectivity index (χ1) is 10.8. The molecule has 2 unspecified atom stereocenters. The number of ether oxygens (including phenoxy) is 1. The highest BCUT2D eigenvalue weighted by molar-refractivity contribution is 5.69. The Morgan fingerprint density at radius 1 is 0.864 bits per heavy atom. The molecule has 0 radical (unpaired) electrons. The van der Waals surface area contributed by atoms with Crippen molar-refractivity contribution in [2.24, 2.45) is 11.8 Å². The zero-order valence-electron chi connectivity index (χ0n) is 14.7. The summed E-state index contributed by atoms with van der Waals surface area (Å²) in [6.07, 6.45) is 18.8. The first kappa shape index (κ1) is 17.8. The van der Waals surface area contributed by atoms with Crippen molar-refractivity contribution in [2.45, 2.75) is 109 Å². The van der Waals surface area contributed by atoms with Crippen LogP contribution in [0, 0.1) is 11.8 Å². The van der Waals surface area contributed by atoms with E-state index in [1.54, 1.807) is 0 Å². The Labute approximate surface area is 137 Å². The van der Waals surface area contributed by atoms with Crippen LogP contribution in [0.5, 0.6) is 0 Å². The van der Waals surface area contributed by atoms with Crippen LogP contribution >= 0.6 is 0 Å². The Bertz CT molecular complexity index is 307. The van der Waals surface area contributed by atoms with E-state index in [-0.39, 0.29) is 12.1 Å². The van der Waals surface area contributed by atoms with Gasteiger partial charge in [0.25, 0.3) is 0 Å². The molecule has 2 atom stereocenters. The smallest absolute Gasteiger partial charge is 0.306 e. The fourth-order valence-electron chi connectivity index (χ4n) is 4.47. The summed E-state index contributed by atoms with van der Waals surface area (Å²) in [5, 5.41) is 0. The highest BCUT2D eigenvalue weighted by Gasteiger charge is 2.34. The molecule has 2 aliphatic rings. The second-order valence-corrected chi connectivity index (χ2v) is 7.54. The molecule has 2 heteroatoms. The molecule has 2 aliphatic carbocycles. The normalized spacial score (nSPS) is 26.8. The van der Waals surface area contributed by atoms with E-state index in [2.05, 4.69) is 6.92 Å². The van der Waals surface area contributed by atoms with Gasteiger partial charge in [-0.25, -0.2) is 0 Å². The minimum atomic E-state index is 0.0733. The van der Waals surface area contributed by atoms with Gasteiger partial charge in [-0.2, -0.15) is 0 Å². The Morgan fingerprint density at radius 3 is 2.32 bits per heavy atom. The third kappa shape index (κ3) is 5.93. The third-order valence-corrected chi connectivity index (χ3v) is 5.78. The van der Waals surface area contributed by atoms with Gasteiger partial charge in [-0.1, -0.05) is 71.1 Å². The fraction of sp³-hybridized carbons (Fsp3) is 0.950. The Morgan fingerprint density at radius 2 is 1.55 bits per heavy atom. The van der Waals surface area contributed by atoms with Crippen LogP contribution in [0.4, 0.5) is 0 Å². The highest BCUT2D eigenvalue weighted by atomic mass is 16.5. The van der Waals surface area contributed by atoms with E-state index in [9.17, 15) is 4.79 Å². The van der Waals surface area contributed by atoms with Gasteiger partial charge >= 0.3 is 5.97 Å². The maximum Gasteiger partial charge on any atom is 0.306 e. The number of unbranched alkanes of at least 4 members (excludes halogenated alkanes) is 4. The monoisotopic (exact) mass is 308 g/mol. The van der Waals surface area contributed by atoms with Gasteiger partial charge in [0, 0.05) is 6.42 Å². The second-order valence-electron chi connectivity index (χ2n) is 7.54. The Hall–Kier alpha value is -0.530. The molecule has 0 aliphatic heterocycles. The molecule has 2 nitrogen and oxygen atoms in total. The molecule has 0 aromatic carbocycles. The van der Waals surface area contributed by atoms with E-state index in [0.29, 0.717) is 12.3 Å². The number of rotatable bonds is 8. The molecule has 0 N–H and O–H groups in total. The molecular formula is C20H36O2. The molecule has 0 bridgehead atoms. The number of carbonyl (C=O) groups excluding carboxylic acids is 1. The van der Waals surface area contributed by atoms with Gasteiger partial charge in [-0.3, -0.25) is 4.79 Å². The summed E-state index contributed by atoms with van der Waals surface area (Å²) >= 11 is 0. The summed E-state index contributed by atoms with van der Waals surface area (Å²) in [6.45, 7) is 2.22. The van der Waals surface area contributed by atoms with Crippen LogP contribution < -0.4 is 0 Å². The largest absolute Gasteiger partial charge is 0.462 e. The lowest BCUT2D eigenvalue weighted by atomic mass is 9.72. The number of esters is 1. The molecule has 0 heterocycles. The predicted molar refractivity (Wildman–Crippen MR) is 91.8 cm³/mol. The van der Waals surface area contributed by atoms with E-state index >= 15 is 0 Å². The molecule has 0 saturated heterocycles. The van der Waals surface area contributed by atoms with E-state index in [1.165, 1.54) is 77.0 Å². The lowest BCUT2D eigenvalue weighted by Gasteiger charge is -2.38. The maximum atomic E-state index is 12.2. The molecule has 2 rings (SSSR count). The fourth-order valence-corrected chi connectivity index (χ4v) is 4.47. The molecule has 0 spiro atoms. The quantitative estimate of drug-likeness (QED) is 0.404. The molecular weight excluding hydrogens is 272 g/mol. The summed E-state index contributed by atoms with van der Waals surface area (Å²) in [5.74, 6) is 1.57. The number of carbonyl (C=O) groups is 1. The highest BCUT2D eigenvalue weighted by Crippen LogP contribution is 2.39. The van der Waals surface area contributed by atoms with Crippen LogP contribution in [-0.4, -0.2) is 12.1 Å². The van der Waals surface area contributed by atoms with Crippen molar-refractivity contribution in [3.05, 3.63) is 0 Å². The average molecular weight is 309 g/mol. The number of hydrogen-bond donors (Lipinski definition) is 0. The van der Waals surface area contributed by atoms with Gasteiger partial charge in [0.2, 0.25) is 0 Å². The van der Waals surface area contributed by atoms with Crippen LogP contribution in [-0.2, 0) is 9.53 Å². The molecule has 2 saturated carbocycles.